The fraction of sp³-hybridized carbons (Fsp3) is 0.800. The van der Waals surface area contributed by atoms with Gasteiger partial charge in [-0.25, -0.2) is 0 Å². The van der Waals surface area contributed by atoms with Crippen molar-refractivity contribution in [2.45, 2.75) is 46.8 Å². The number of allylic oxidation sites excluding steroid dienone is 1. The fourth-order valence-corrected chi connectivity index (χ4v) is 1.08. The molecule has 0 atom stereocenters. The average molecular weight is 174 g/mol. The summed E-state index contributed by atoms with van der Waals surface area (Å²) in [4.78, 5) is 0. The van der Waals surface area contributed by atoms with Crippen LogP contribution in [0.4, 0.5) is 0 Å². The highest BCUT2D eigenvalue weighted by Gasteiger charge is 1.87. The standard InChI is InChI=1S/C8H16S.C2H6/c1-7(2)5-6-9-8(3)4;1-2/h5-8H,1-4H3;1-2H3/b6-5-;. The number of rotatable bonds is 3. The molecule has 0 N–H and O–H groups in total. The van der Waals surface area contributed by atoms with Crippen LogP contribution in [0.2, 0.25) is 0 Å². The van der Waals surface area contributed by atoms with E-state index < -0.39 is 0 Å². The zero-order valence-electron chi connectivity index (χ0n) is 8.72. The second kappa shape index (κ2) is 10.1. The predicted molar refractivity (Wildman–Crippen MR) is 58.1 cm³/mol. The molecule has 0 aliphatic heterocycles. The summed E-state index contributed by atoms with van der Waals surface area (Å²) in [6.45, 7) is 12.8. The van der Waals surface area contributed by atoms with Crippen molar-refractivity contribution < 1.29 is 0 Å². The Morgan fingerprint density at radius 1 is 1.00 bits per heavy atom. The number of thioether (sulfide) groups is 1. The molecule has 0 aliphatic carbocycles. The molecule has 0 saturated carbocycles. The van der Waals surface area contributed by atoms with Gasteiger partial charge in [-0.05, 0) is 11.3 Å². The zero-order chi connectivity index (χ0) is 9.28. The summed E-state index contributed by atoms with van der Waals surface area (Å²) in [7, 11) is 0. The SMILES string of the molecule is CC.CC(C)/C=C\SC(C)C. The molecule has 0 unspecified atom stereocenters. The van der Waals surface area contributed by atoms with Crippen LogP contribution in [0, 0.1) is 5.92 Å². The van der Waals surface area contributed by atoms with Gasteiger partial charge in [0, 0.05) is 5.25 Å². The third kappa shape index (κ3) is 17.8. The molecule has 0 aromatic carbocycles. The minimum atomic E-state index is 0.691. The molecular formula is C10H22S. The maximum absolute atomic E-state index is 2.23. The van der Waals surface area contributed by atoms with Crippen LogP contribution in [0.15, 0.2) is 11.5 Å². The molecule has 0 bridgehead atoms. The Hall–Kier alpha value is 0.0900. The van der Waals surface area contributed by atoms with Crippen LogP contribution in [0.1, 0.15) is 41.5 Å². The Balaban J connectivity index is 0. The molecule has 0 rings (SSSR count). The molecule has 0 radical (unpaired) electrons. The van der Waals surface area contributed by atoms with E-state index in [-0.39, 0.29) is 0 Å². The van der Waals surface area contributed by atoms with Gasteiger partial charge in [-0.2, -0.15) is 0 Å². The van der Waals surface area contributed by atoms with Crippen molar-refractivity contribution in [3.63, 3.8) is 0 Å². The van der Waals surface area contributed by atoms with Crippen LogP contribution < -0.4 is 0 Å². The Labute approximate surface area is 76.5 Å². The van der Waals surface area contributed by atoms with E-state index in [4.69, 9.17) is 0 Å². The van der Waals surface area contributed by atoms with Crippen molar-refractivity contribution in [2.75, 3.05) is 0 Å². The lowest BCUT2D eigenvalue weighted by molar-refractivity contribution is 0.833. The van der Waals surface area contributed by atoms with Gasteiger partial charge in [0.15, 0.2) is 0 Å². The molecule has 0 heterocycles. The van der Waals surface area contributed by atoms with Crippen LogP contribution in [-0.4, -0.2) is 5.25 Å². The molecule has 0 nitrogen and oxygen atoms in total. The quantitative estimate of drug-likeness (QED) is 0.614. The van der Waals surface area contributed by atoms with Crippen molar-refractivity contribution >= 4 is 11.8 Å². The van der Waals surface area contributed by atoms with Crippen LogP contribution in [0.5, 0.6) is 0 Å². The summed E-state index contributed by atoms with van der Waals surface area (Å²) in [5.74, 6) is 0.691. The summed E-state index contributed by atoms with van der Waals surface area (Å²) in [5, 5.41) is 2.91. The van der Waals surface area contributed by atoms with Gasteiger partial charge in [-0.3, -0.25) is 0 Å². The van der Waals surface area contributed by atoms with Gasteiger partial charge in [-0.1, -0.05) is 47.6 Å². The monoisotopic (exact) mass is 174 g/mol. The highest BCUT2D eigenvalue weighted by atomic mass is 32.2. The van der Waals surface area contributed by atoms with Crippen LogP contribution in [0.3, 0.4) is 0 Å². The molecular weight excluding hydrogens is 152 g/mol. The van der Waals surface area contributed by atoms with E-state index >= 15 is 0 Å². The van der Waals surface area contributed by atoms with Gasteiger partial charge in [0.1, 0.15) is 0 Å². The maximum Gasteiger partial charge on any atom is 0.00316 e. The third-order valence-electron chi connectivity index (χ3n) is 0.814. The Kier molecular flexibility index (Phi) is 12.5. The molecule has 0 amide bonds. The summed E-state index contributed by atoms with van der Waals surface area (Å²) < 4.78 is 0. The molecule has 0 aliphatic rings. The molecule has 0 aromatic rings. The first-order valence-electron chi connectivity index (χ1n) is 4.45. The lowest BCUT2D eigenvalue weighted by Gasteiger charge is -1.97. The molecule has 68 valence electrons. The van der Waals surface area contributed by atoms with Crippen LogP contribution >= 0.6 is 11.8 Å². The highest BCUT2D eigenvalue weighted by molar-refractivity contribution is 8.02. The third-order valence-corrected chi connectivity index (χ3v) is 1.67. The Morgan fingerprint density at radius 3 is 1.73 bits per heavy atom. The van der Waals surface area contributed by atoms with E-state index in [1.54, 1.807) is 0 Å². The van der Waals surface area contributed by atoms with Crippen molar-refractivity contribution in [3.05, 3.63) is 11.5 Å². The normalized spacial score (nSPS) is 10.5. The second-order valence-corrected chi connectivity index (χ2v) is 4.24. The maximum atomic E-state index is 2.23. The molecule has 11 heavy (non-hydrogen) atoms. The van der Waals surface area contributed by atoms with E-state index in [1.165, 1.54) is 0 Å². The average Bonchev–Trinajstić information content (AvgIpc) is 1.90. The first kappa shape index (κ1) is 13.7. The summed E-state index contributed by atoms with van der Waals surface area (Å²) >= 11 is 1.88. The summed E-state index contributed by atoms with van der Waals surface area (Å²) in [5.41, 5.74) is 0. The number of hydrogen-bond acceptors (Lipinski definition) is 1. The lowest BCUT2D eigenvalue weighted by Crippen LogP contribution is -1.82. The van der Waals surface area contributed by atoms with E-state index in [9.17, 15) is 0 Å². The summed E-state index contributed by atoms with van der Waals surface area (Å²) in [6, 6.07) is 0. The fourth-order valence-electron chi connectivity index (χ4n) is 0.360. The first-order chi connectivity index (χ1) is 5.13. The largest absolute Gasteiger partial charge is 0.132 e. The second-order valence-electron chi connectivity index (χ2n) is 2.76. The molecule has 1 heteroatoms. The Bertz CT molecular complexity index is 82.9. The minimum Gasteiger partial charge on any atom is -0.132 e. The van der Waals surface area contributed by atoms with Crippen molar-refractivity contribution in [2.24, 2.45) is 5.92 Å². The van der Waals surface area contributed by atoms with Crippen LogP contribution in [-0.2, 0) is 0 Å². The Morgan fingerprint density at radius 2 is 1.45 bits per heavy atom. The van der Waals surface area contributed by atoms with Gasteiger partial charge in [-0.15, -0.1) is 11.8 Å². The molecule has 0 spiro atoms. The van der Waals surface area contributed by atoms with Gasteiger partial charge in [0.2, 0.25) is 0 Å². The van der Waals surface area contributed by atoms with E-state index in [0.717, 1.165) is 5.25 Å². The van der Waals surface area contributed by atoms with Gasteiger partial charge >= 0.3 is 0 Å². The van der Waals surface area contributed by atoms with E-state index in [2.05, 4.69) is 39.2 Å². The predicted octanol–water partition coefficient (Wildman–Crippen LogP) is 4.32. The highest BCUT2D eigenvalue weighted by Crippen LogP contribution is 2.11. The van der Waals surface area contributed by atoms with Gasteiger partial charge in [0.25, 0.3) is 0 Å². The summed E-state index contributed by atoms with van der Waals surface area (Å²) in [6.07, 6.45) is 2.23. The minimum absolute atomic E-state index is 0.691. The van der Waals surface area contributed by atoms with Crippen molar-refractivity contribution in [3.8, 4) is 0 Å². The van der Waals surface area contributed by atoms with Crippen molar-refractivity contribution in [1.82, 2.24) is 0 Å². The van der Waals surface area contributed by atoms with E-state index in [0.29, 0.717) is 5.92 Å². The first-order valence-corrected chi connectivity index (χ1v) is 5.39. The molecule has 0 saturated heterocycles. The van der Waals surface area contributed by atoms with E-state index in [1.807, 2.05) is 25.6 Å². The smallest absolute Gasteiger partial charge is 0.00316 e. The van der Waals surface area contributed by atoms with Crippen LogP contribution in [0.25, 0.3) is 0 Å². The van der Waals surface area contributed by atoms with Gasteiger partial charge in [0.05, 0.1) is 0 Å². The van der Waals surface area contributed by atoms with Gasteiger partial charge < -0.3 is 0 Å². The van der Waals surface area contributed by atoms with Crippen molar-refractivity contribution in [1.29, 1.82) is 0 Å². The number of hydrogen-bond donors (Lipinski definition) is 0. The lowest BCUT2D eigenvalue weighted by atomic mass is 10.2. The molecule has 0 aromatic heterocycles. The zero-order valence-corrected chi connectivity index (χ0v) is 9.53. The topological polar surface area (TPSA) is 0 Å². The molecule has 0 fully saturated rings.